The molecule has 0 spiro atoms. The van der Waals surface area contributed by atoms with Gasteiger partial charge in [0.25, 0.3) is 5.69 Å². The van der Waals surface area contributed by atoms with E-state index in [1.807, 2.05) is 23.1 Å². The molecular formula is C24H32N6O3. The van der Waals surface area contributed by atoms with Crippen molar-refractivity contribution in [3.63, 3.8) is 0 Å². The summed E-state index contributed by atoms with van der Waals surface area (Å²) in [5, 5.41) is 14.3. The third-order valence-corrected chi connectivity index (χ3v) is 6.49. The Balaban J connectivity index is 1.24. The third kappa shape index (κ3) is 5.80. The van der Waals surface area contributed by atoms with Gasteiger partial charge in [-0.25, -0.2) is 0 Å². The van der Waals surface area contributed by atoms with Gasteiger partial charge in [0.1, 0.15) is 5.69 Å². The van der Waals surface area contributed by atoms with Crippen LogP contribution in [0.3, 0.4) is 0 Å². The van der Waals surface area contributed by atoms with Gasteiger partial charge in [0.05, 0.1) is 11.5 Å². The molecule has 2 aliphatic rings. The Morgan fingerprint density at radius 3 is 2.12 bits per heavy atom. The maximum absolute atomic E-state index is 12.6. The van der Waals surface area contributed by atoms with Gasteiger partial charge in [-0.3, -0.25) is 19.8 Å². The Morgan fingerprint density at radius 2 is 1.48 bits per heavy atom. The van der Waals surface area contributed by atoms with Crippen LogP contribution < -0.4 is 15.1 Å². The second-order valence-corrected chi connectivity index (χ2v) is 8.53. The SMILES string of the molecule is CCN1CCN(c2ccc(NC(=O)CN3CCN(c4ccccc4[N+](=O)[O-])CC3)cc2)CC1. The molecule has 2 aromatic carbocycles. The number of hydrogen-bond acceptors (Lipinski definition) is 7. The van der Waals surface area contributed by atoms with Crippen LogP contribution in [0.1, 0.15) is 6.92 Å². The Kier molecular flexibility index (Phi) is 7.41. The fourth-order valence-corrected chi connectivity index (χ4v) is 4.51. The summed E-state index contributed by atoms with van der Waals surface area (Å²) in [4.78, 5) is 32.5. The van der Waals surface area contributed by atoms with Crippen LogP contribution in [-0.4, -0.2) is 86.1 Å². The lowest BCUT2D eigenvalue weighted by atomic mass is 10.2. The minimum atomic E-state index is -0.342. The number of nitrogens with zero attached hydrogens (tertiary/aromatic N) is 5. The molecule has 1 amide bonds. The number of hydrogen-bond donors (Lipinski definition) is 1. The average molecular weight is 453 g/mol. The fourth-order valence-electron chi connectivity index (χ4n) is 4.51. The molecule has 176 valence electrons. The van der Waals surface area contributed by atoms with Crippen molar-refractivity contribution in [1.29, 1.82) is 0 Å². The Labute approximate surface area is 194 Å². The predicted molar refractivity (Wildman–Crippen MR) is 131 cm³/mol. The zero-order chi connectivity index (χ0) is 23.2. The summed E-state index contributed by atoms with van der Waals surface area (Å²) in [5.74, 6) is -0.0431. The van der Waals surface area contributed by atoms with E-state index in [0.29, 0.717) is 38.4 Å². The fraction of sp³-hybridized carbons (Fsp3) is 0.458. The molecule has 4 rings (SSSR count). The van der Waals surface area contributed by atoms with Crippen molar-refractivity contribution in [2.24, 2.45) is 0 Å². The molecule has 33 heavy (non-hydrogen) atoms. The van der Waals surface area contributed by atoms with Crippen molar-refractivity contribution in [2.75, 3.05) is 80.6 Å². The second-order valence-electron chi connectivity index (χ2n) is 8.53. The number of rotatable bonds is 7. The molecule has 0 atom stereocenters. The molecule has 2 aliphatic heterocycles. The Hall–Kier alpha value is -3.17. The van der Waals surface area contributed by atoms with E-state index >= 15 is 0 Å². The van der Waals surface area contributed by atoms with Crippen LogP contribution in [0.5, 0.6) is 0 Å². The normalized spacial score (nSPS) is 17.7. The summed E-state index contributed by atoms with van der Waals surface area (Å²) < 4.78 is 0. The number of nitro groups is 1. The largest absolute Gasteiger partial charge is 0.369 e. The number of anilines is 3. The lowest BCUT2D eigenvalue weighted by Crippen LogP contribution is -2.48. The first-order valence-electron chi connectivity index (χ1n) is 11.6. The number of carbonyl (C=O) groups excluding carboxylic acids is 1. The van der Waals surface area contributed by atoms with Gasteiger partial charge in [-0.05, 0) is 36.9 Å². The van der Waals surface area contributed by atoms with E-state index in [2.05, 4.69) is 39.1 Å². The summed E-state index contributed by atoms with van der Waals surface area (Å²) in [5.41, 5.74) is 2.76. The monoisotopic (exact) mass is 452 g/mol. The predicted octanol–water partition coefficient (Wildman–Crippen LogP) is 2.50. The number of nitro benzene ring substituents is 1. The molecule has 2 heterocycles. The molecule has 0 saturated carbocycles. The van der Waals surface area contributed by atoms with E-state index in [-0.39, 0.29) is 16.5 Å². The smallest absolute Gasteiger partial charge is 0.292 e. The topological polar surface area (TPSA) is 85.2 Å². The molecule has 2 saturated heterocycles. The highest BCUT2D eigenvalue weighted by molar-refractivity contribution is 5.92. The van der Waals surface area contributed by atoms with Gasteiger partial charge in [0.2, 0.25) is 5.91 Å². The minimum absolute atomic E-state index is 0.0431. The third-order valence-electron chi connectivity index (χ3n) is 6.49. The number of likely N-dealkylation sites (N-methyl/N-ethyl adjacent to an activating group) is 1. The number of piperazine rings is 2. The van der Waals surface area contributed by atoms with Gasteiger partial charge in [-0.15, -0.1) is 0 Å². The van der Waals surface area contributed by atoms with Crippen molar-refractivity contribution < 1.29 is 9.72 Å². The Bertz CT molecular complexity index is 951. The zero-order valence-electron chi connectivity index (χ0n) is 19.2. The molecule has 2 fully saturated rings. The van der Waals surface area contributed by atoms with Crippen molar-refractivity contribution in [3.8, 4) is 0 Å². The molecule has 0 bridgehead atoms. The van der Waals surface area contributed by atoms with E-state index in [0.717, 1.165) is 38.4 Å². The first-order valence-corrected chi connectivity index (χ1v) is 11.6. The number of para-hydroxylation sites is 2. The lowest BCUT2D eigenvalue weighted by Gasteiger charge is -2.35. The summed E-state index contributed by atoms with van der Waals surface area (Å²) in [6, 6.07) is 14.9. The van der Waals surface area contributed by atoms with Crippen molar-refractivity contribution >= 4 is 28.7 Å². The van der Waals surface area contributed by atoms with Crippen LogP contribution in [0.25, 0.3) is 0 Å². The highest BCUT2D eigenvalue weighted by Gasteiger charge is 2.24. The van der Waals surface area contributed by atoms with Crippen LogP contribution in [0, 0.1) is 10.1 Å². The van der Waals surface area contributed by atoms with E-state index < -0.39 is 0 Å². The van der Waals surface area contributed by atoms with Crippen molar-refractivity contribution in [2.45, 2.75) is 6.92 Å². The highest BCUT2D eigenvalue weighted by Crippen LogP contribution is 2.28. The molecule has 0 radical (unpaired) electrons. The molecule has 0 aromatic heterocycles. The number of amides is 1. The van der Waals surface area contributed by atoms with Gasteiger partial charge in [0.15, 0.2) is 0 Å². The van der Waals surface area contributed by atoms with Gasteiger partial charge >= 0.3 is 0 Å². The molecular weight excluding hydrogens is 420 g/mol. The van der Waals surface area contributed by atoms with Gasteiger partial charge < -0.3 is 20.0 Å². The van der Waals surface area contributed by atoms with E-state index in [1.165, 1.54) is 11.8 Å². The first kappa shape index (κ1) is 23.0. The highest BCUT2D eigenvalue weighted by atomic mass is 16.6. The first-order chi connectivity index (χ1) is 16.0. The quantitative estimate of drug-likeness (QED) is 0.510. The minimum Gasteiger partial charge on any atom is -0.369 e. The zero-order valence-corrected chi connectivity index (χ0v) is 19.2. The molecule has 2 aromatic rings. The van der Waals surface area contributed by atoms with Gasteiger partial charge in [-0.2, -0.15) is 0 Å². The molecule has 1 N–H and O–H groups in total. The van der Waals surface area contributed by atoms with Crippen LogP contribution in [0.15, 0.2) is 48.5 Å². The average Bonchev–Trinajstić information content (AvgIpc) is 2.85. The summed E-state index contributed by atoms with van der Waals surface area (Å²) in [7, 11) is 0. The van der Waals surface area contributed by atoms with Crippen LogP contribution in [0.4, 0.5) is 22.7 Å². The van der Waals surface area contributed by atoms with Gasteiger partial charge in [0, 0.05) is 69.8 Å². The number of nitrogens with one attached hydrogen (secondary N) is 1. The summed E-state index contributed by atoms with van der Waals surface area (Å²) >= 11 is 0. The lowest BCUT2D eigenvalue weighted by molar-refractivity contribution is -0.384. The van der Waals surface area contributed by atoms with Crippen LogP contribution >= 0.6 is 0 Å². The van der Waals surface area contributed by atoms with Crippen LogP contribution in [0.2, 0.25) is 0 Å². The number of benzene rings is 2. The van der Waals surface area contributed by atoms with Gasteiger partial charge in [-0.1, -0.05) is 19.1 Å². The van der Waals surface area contributed by atoms with Crippen molar-refractivity contribution in [3.05, 3.63) is 58.6 Å². The van der Waals surface area contributed by atoms with Crippen LogP contribution in [-0.2, 0) is 4.79 Å². The summed E-state index contributed by atoms with van der Waals surface area (Å²) in [6.07, 6.45) is 0. The standard InChI is InChI=1S/C24H32N6O3/c1-2-26-11-15-28(16-12-26)21-9-7-20(8-10-21)25-24(31)19-27-13-17-29(18-14-27)22-5-3-4-6-23(22)30(32)33/h3-10H,2,11-19H2,1H3,(H,25,31). The van der Waals surface area contributed by atoms with Crippen molar-refractivity contribution in [1.82, 2.24) is 9.80 Å². The van der Waals surface area contributed by atoms with E-state index in [9.17, 15) is 14.9 Å². The Morgan fingerprint density at radius 1 is 0.879 bits per heavy atom. The second kappa shape index (κ2) is 10.6. The number of carbonyl (C=O) groups is 1. The maximum atomic E-state index is 12.6. The molecule has 9 heteroatoms. The molecule has 0 aliphatic carbocycles. The van der Waals surface area contributed by atoms with E-state index in [4.69, 9.17) is 0 Å². The molecule has 0 unspecified atom stereocenters. The maximum Gasteiger partial charge on any atom is 0.292 e. The van der Waals surface area contributed by atoms with E-state index in [1.54, 1.807) is 12.1 Å². The summed E-state index contributed by atoms with van der Waals surface area (Å²) in [6.45, 7) is 10.5. The molecule has 9 nitrogen and oxygen atoms in total.